The third-order valence-corrected chi connectivity index (χ3v) is 4.38. The van der Waals surface area contributed by atoms with Gasteiger partial charge in [-0.25, -0.2) is 0 Å². The third kappa shape index (κ3) is 3.59. The summed E-state index contributed by atoms with van der Waals surface area (Å²) in [4.78, 5) is 14.1. The number of thiol groups is 1. The smallest absolute Gasteiger partial charge is 0.236 e. The second-order valence-electron chi connectivity index (χ2n) is 4.70. The molecule has 1 fully saturated rings. The van der Waals surface area contributed by atoms with Crippen LogP contribution in [0.4, 0.5) is 0 Å². The number of likely N-dealkylation sites (tertiary alicyclic amines) is 1. The molecule has 0 spiro atoms. The summed E-state index contributed by atoms with van der Waals surface area (Å²) in [5.41, 5.74) is 0. The predicted molar refractivity (Wildman–Crippen MR) is 70.2 cm³/mol. The summed E-state index contributed by atoms with van der Waals surface area (Å²) in [5.74, 6) is 0.931. The number of carbonyl (C=O) groups excluding carboxylic acids is 1. The lowest BCUT2D eigenvalue weighted by molar-refractivity contribution is -0.131. The highest BCUT2D eigenvalue weighted by Gasteiger charge is 2.31. The van der Waals surface area contributed by atoms with E-state index < -0.39 is 0 Å². The van der Waals surface area contributed by atoms with Gasteiger partial charge in [0.2, 0.25) is 5.91 Å². The number of hydrogen-bond acceptors (Lipinski definition) is 3. The summed E-state index contributed by atoms with van der Waals surface area (Å²) in [7, 11) is 1.34. The molecule has 2 nitrogen and oxygen atoms in total. The van der Waals surface area contributed by atoms with Crippen LogP contribution >= 0.6 is 22.5 Å². The van der Waals surface area contributed by atoms with E-state index in [4.69, 9.17) is 0 Å². The van der Waals surface area contributed by atoms with E-state index in [-0.39, 0.29) is 11.2 Å². The summed E-state index contributed by atoms with van der Waals surface area (Å²) < 4.78 is 0. The largest absolute Gasteiger partial charge is 0.339 e. The molecule has 4 heteroatoms. The minimum absolute atomic E-state index is 0.0129. The molecule has 1 amide bonds. The first-order chi connectivity index (χ1) is 7.06. The van der Waals surface area contributed by atoms with Gasteiger partial charge in [0.15, 0.2) is 0 Å². The van der Waals surface area contributed by atoms with Crippen molar-refractivity contribution in [2.45, 2.75) is 51.3 Å². The Hall–Kier alpha value is 0.170. The predicted octanol–water partition coefficient (Wildman–Crippen LogP) is 2.99. The fourth-order valence-corrected chi connectivity index (χ4v) is 2.69. The maximum absolute atomic E-state index is 12.0. The van der Waals surface area contributed by atoms with Gasteiger partial charge in [-0.2, -0.15) is 0 Å². The van der Waals surface area contributed by atoms with Crippen molar-refractivity contribution < 1.29 is 4.79 Å². The van der Waals surface area contributed by atoms with Crippen LogP contribution in [0.2, 0.25) is 0 Å². The first kappa shape index (κ1) is 13.2. The number of rotatable bonds is 4. The van der Waals surface area contributed by atoms with Crippen LogP contribution in [0, 0.1) is 5.92 Å². The first-order valence-electron chi connectivity index (χ1n) is 5.67. The molecular formula is C11H21NOS2. The zero-order chi connectivity index (χ0) is 11.4. The van der Waals surface area contributed by atoms with Crippen LogP contribution in [-0.4, -0.2) is 28.6 Å². The van der Waals surface area contributed by atoms with Crippen LogP contribution in [0.15, 0.2) is 0 Å². The zero-order valence-corrected chi connectivity index (χ0v) is 11.5. The molecule has 1 aliphatic heterocycles. The average Bonchev–Trinajstić information content (AvgIpc) is 2.62. The fourth-order valence-electron chi connectivity index (χ4n) is 2.19. The second kappa shape index (κ2) is 6.04. The first-order valence-corrected chi connectivity index (χ1v) is 7.60. The third-order valence-electron chi connectivity index (χ3n) is 2.91. The number of amides is 1. The molecule has 1 rings (SSSR count). The molecule has 1 heterocycles. The van der Waals surface area contributed by atoms with E-state index in [2.05, 4.69) is 30.4 Å². The molecular weight excluding hydrogens is 226 g/mol. The lowest BCUT2D eigenvalue weighted by Crippen LogP contribution is -2.40. The summed E-state index contributed by atoms with van der Waals surface area (Å²) >= 11 is 4.12. The SMILES string of the molecule is CC(C)CC1CCCN1C(=O)C(C)SS. The van der Waals surface area contributed by atoms with Crippen molar-refractivity contribution in [1.82, 2.24) is 4.90 Å². The molecule has 0 aromatic heterocycles. The maximum Gasteiger partial charge on any atom is 0.236 e. The van der Waals surface area contributed by atoms with Gasteiger partial charge in [0.05, 0.1) is 5.25 Å². The Morgan fingerprint density at radius 2 is 2.20 bits per heavy atom. The second-order valence-corrected chi connectivity index (χ2v) is 6.26. The summed E-state index contributed by atoms with van der Waals surface area (Å²) in [6.07, 6.45) is 3.47. The fraction of sp³-hybridized carbons (Fsp3) is 0.909. The molecule has 2 unspecified atom stereocenters. The minimum atomic E-state index is -0.0129. The molecule has 88 valence electrons. The van der Waals surface area contributed by atoms with Crippen LogP contribution in [0.3, 0.4) is 0 Å². The van der Waals surface area contributed by atoms with E-state index in [0.717, 1.165) is 19.4 Å². The van der Waals surface area contributed by atoms with Crippen LogP contribution in [0.25, 0.3) is 0 Å². The van der Waals surface area contributed by atoms with E-state index in [1.165, 1.54) is 17.2 Å². The molecule has 0 saturated carbocycles. The number of hydrogen-bond donors (Lipinski definition) is 1. The van der Waals surface area contributed by atoms with E-state index in [1.807, 2.05) is 6.92 Å². The van der Waals surface area contributed by atoms with Crippen molar-refractivity contribution in [1.29, 1.82) is 0 Å². The van der Waals surface area contributed by atoms with Gasteiger partial charge in [-0.05, 0) is 32.1 Å². The monoisotopic (exact) mass is 247 g/mol. The molecule has 0 aromatic carbocycles. The van der Waals surface area contributed by atoms with E-state index in [0.29, 0.717) is 12.0 Å². The Kier molecular flexibility index (Phi) is 5.33. The highest BCUT2D eigenvalue weighted by Crippen LogP contribution is 2.26. The highest BCUT2D eigenvalue weighted by atomic mass is 33.1. The van der Waals surface area contributed by atoms with Crippen molar-refractivity contribution in [3.8, 4) is 0 Å². The Labute approximate surface area is 102 Å². The van der Waals surface area contributed by atoms with Gasteiger partial charge >= 0.3 is 0 Å². The van der Waals surface area contributed by atoms with Crippen LogP contribution in [0.1, 0.15) is 40.0 Å². The standard InChI is InChI=1S/C11H21NOS2/c1-8(2)7-10-5-4-6-12(10)11(13)9(3)15-14/h8-10,14H,4-7H2,1-3H3. The van der Waals surface area contributed by atoms with Gasteiger partial charge in [-0.15, -0.1) is 11.7 Å². The van der Waals surface area contributed by atoms with Crippen molar-refractivity contribution in [3.63, 3.8) is 0 Å². The van der Waals surface area contributed by atoms with Crippen molar-refractivity contribution in [2.75, 3.05) is 6.54 Å². The van der Waals surface area contributed by atoms with Gasteiger partial charge in [0.25, 0.3) is 0 Å². The molecule has 1 aliphatic rings. The number of nitrogens with zero attached hydrogens (tertiary/aromatic N) is 1. The normalized spacial score (nSPS) is 23.5. The molecule has 2 atom stereocenters. The molecule has 0 N–H and O–H groups in total. The highest BCUT2D eigenvalue weighted by molar-refractivity contribution is 8.69. The molecule has 0 radical (unpaired) electrons. The molecule has 0 aromatic rings. The van der Waals surface area contributed by atoms with Crippen LogP contribution in [0.5, 0.6) is 0 Å². The zero-order valence-electron chi connectivity index (χ0n) is 9.77. The van der Waals surface area contributed by atoms with Crippen LogP contribution in [-0.2, 0) is 4.79 Å². The van der Waals surface area contributed by atoms with Crippen molar-refractivity contribution in [3.05, 3.63) is 0 Å². The van der Waals surface area contributed by atoms with Crippen LogP contribution < -0.4 is 0 Å². The van der Waals surface area contributed by atoms with E-state index in [1.54, 1.807) is 0 Å². The lowest BCUT2D eigenvalue weighted by Gasteiger charge is -2.27. The topological polar surface area (TPSA) is 20.3 Å². The quantitative estimate of drug-likeness (QED) is 0.609. The van der Waals surface area contributed by atoms with Gasteiger partial charge in [0, 0.05) is 12.6 Å². The van der Waals surface area contributed by atoms with E-state index >= 15 is 0 Å². The van der Waals surface area contributed by atoms with Gasteiger partial charge in [-0.1, -0.05) is 24.6 Å². The van der Waals surface area contributed by atoms with Crippen molar-refractivity contribution >= 4 is 28.4 Å². The molecule has 0 bridgehead atoms. The Morgan fingerprint density at radius 1 is 1.53 bits per heavy atom. The molecule has 0 aliphatic carbocycles. The maximum atomic E-state index is 12.0. The van der Waals surface area contributed by atoms with Gasteiger partial charge in [0.1, 0.15) is 0 Å². The van der Waals surface area contributed by atoms with Gasteiger partial charge in [-0.3, -0.25) is 4.79 Å². The lowest BCUT2D eigenvalue weighted by atomic mass is 10.0. The average molecular weight is 247 g/mol. The van der Waals surface area contributed by atoms with Gasteiger partial charge < -0.3 is 4.90 Å². The molecule has 15 heavy (non-hydrogen) atoms. The number of carbonyl (C=O) groups is 1. The Bertz CT molecular complexity index is 221. The summed E-state index contributed by atoms with van der Waals surface area (Å²) in [5, 5.41) is -0.0129. The Balaban J connectivity index is 2.55. The van der Waals surface area contributed by atoms with E-state index in [9.17, 15) is 4.79 Å². The van der Waals surface area contributed by atoms with Crippen molar-refractivity contribution in [2.24, 2.45) is 5.92 Å². The molecule has 1 saturated heterocycles. The Morgan fingerprint density at radius 3 is 2.73 bits per heavy atom. The minimum Gasteiger partial charge on any atom is -0.339 e. The summed E-state index contributed by atoms with van der Waals surface area (Å²) in [6.45, 7) is 7.31. The summed E-state index contributed by atoms with van der Waals surface area (Å²) in [6, 6.07) is 0.473.